The van der Waals surface area contributed by atoms with Crippen LogP contribution >= 0.6 is 24.0 Å². The molecule has 0 spiro atoms. The lowest BCUT2D eigenvalue weighted by Gasteiger charge is -2.28. The summed E-state index contributed by atoms with van der Waals surface area (Å²) in [7, 11) is 1.90. The Kier molecular flexibility index (Phi) is 5.44. The van der Waals surface area contributed by atoms with Gasteiger partial charge in [-0.3, -0.25) is 14.5 Å². The Hall–Kier alpha value is -2.98. The highest BCUT2D eigenvalue weighted by molar-refractivity contribution is 8.26. The number of hydrogen-bond acceptors (Lipinski definition) is 7. The number of rotatable bonds is 5. The summed E-state index contributed by atoms with van der Waals surface area (Å²) in [6.07, 6.45) is 3.69. The molecule has 2 aromatic heterocycles. The summed E-state index contributed by atoms with van der Waals surface area (Å²) < 4.78 is 7.02. The molecule has 2 amide bonds. The highest BCUT2D eigenvalue weighted by atomic mass is 32.2. The van der Waals surface area contributed by atoms with Crippen LogP contribution < -0.4 is 5.32 Å². The number of benzene rings is 1. The Labute approximate surface area is 182 Å². The van der Waals surface area contributed by atoms with Gasteiger partial charge in [0.25, 0.3) is 5.91 Å². The minimum Gasteiger partial charge on any atom is -0.351 e. The Morgan fingerprint density at radius 1 is 1.27 bits per heavy atom. The van der Waals surface area contributed by atoms with Gasteiger partial charge in [0.05, 0.1) is 10.6 Å². The summed E-state index contributed by atoms with van der Waals surface area (Å²) >= 11 is 6.67. The van der Waals surface area contributed by atoms with Crippen molar-refractivity contribution in [3.63, 3.8) is 0 Å². The SMILES string of the molecule is CC(C)C(C(=O)Nc1cccc2nonc12)N1C(=O)C(=Cc2cccn2C)SC1=S. The van der Waals surface area contributed by atoms with Crippen molar-refractivity contribution in [2.45, 2.75) is 19.9 Å². The third kappa shape index (κ3) is 3.63. The molecule has 0 saturated carbocycles. The molecule has 1 fully saturated rings. The fraction of sp³-hybridized carbons (Fsp3) is 0.250. The molecule has 0 bridgehead atoms. The molecule has 154 valence electrons. The molecule has 1 saturated heterocycles. The van der Waals surface area contributed by atoms with Crippen molar-refractivity contribution >= 4 is 62.9 Å². The van der Waals surface area contributed by atoms with Gasteiger partial charge in [0.1, 0.15) is 15.9 Å². The van der Waals surface area contributed by atoms with Crippen molar-refractivity contribution in [2.75, 3.05) is 5.32 Å². The quantitative estimate of drug-likeness (QED) is 0.479. The van der Waals surface area contributed by atoms with Crippen LogP contribution in [0, 0.1) is 5.92 Å². The number of thiocarbonyl (C=S) groups is 1. The summed E-state index contributed by atoms with van der Waals surface area (Å²) in [6.45, 7) is 3.75. The molecule has 1 aliphatic heterocycles. The molecule has 1 atom stereocenters. The lowest BCUT2D eigenvalue weighted by Crippen LogP contribution is -2.49. The summed E-state index contributed by atoms with van der Waals surface area (Å²) in [5.74, 6) is -0.796. The average molecular weight is 442 g/mol. The molecule has 1 unspecified atom stereocenters. The molecule has 8 nitrogen and oxygen atoms in total. The monoisotopic (exact) mass is 441 g/mol. The smallest absolute Gasteiger partial charge is 0.267 e. The van der Waals surface area contributed by atoms with Gasteiger partial charge in [0.2, 0.25) is 5.91 Å². The second-order valence-electron chi connectivity index (χ2n) is 7.21. The molecular formula is C20H19N5O3S2. The third-order valence-corrected chi connectivity index (χ3v) is 6.14. The van der Waals surface area contributed by atoms with Gasteiger partial charge in [-0.05, 0) is 46.6 Å². The van der Waals surface area contributed by atoms with Crippen molar-refractivity contribution in [3.8, 4) is 0 Å². The van der Waals surface area contributed by atoms with Crippen LogP contribution in [0.15, 0.2) is 46.1 Å². The molecule has 1 aliphatic rings. The van der Waals surface area contributed by atoms with E-state index in [1.165, 1.54) is 16.7 Å². The molecule has 0 radical (unpaired) electrons. The first kappa shape index (κ1) is 20.3. The Balaban J connectivity index is 1.62. The van der Waals surface area contributed by atoms with E-state index in [0.717, 1.165) is 5.69 Å². The van der Waals surface area contributed by atoms with Crippen LogP contribution in [0.5, 0.6) is 0 Å². The Bertz CT molecular complexity index is 1180. The van der Waals surface area contributed by atoms with Gasteiger partial charge >= 0.3 is 0 Å². The number of amides is 2. The Morgan fingerprint density at radius 3 is 2.77 bits per heavy atom. The second-order valence-corrected chi connectivity index (χ2v) is 8.89. The van der Waals surface area contributed by atoms with Crippen molar-refractivity contribution in [1.29, 1.82) is 0 Å². The second kappa shape index (κ2) is 8.04. The summed E-state index contributed by atoms with van der Waals surface area (Å²) in [5, 5.41) is 10.5. The molecular weight excluding hydrogens is 422 g/mol. The first-order chi connectivity index (χ1) is 14.4. The van der Waals surface area contributed by atoms with E-state index in [9.17, 15) is 9.59 Å². The van der Waals surface area contributed by atoms with E-state index >= 15 is 0 Å². The van der Waals surface area contributed by atoms with Crippen LogP contribution in [0.4, 0.5) is 5.69 Å². The average Bonchev–Trinajstić information content (AvgIpc) is 3.39. The zero-order valence-electron chi connectivity index (χ0n) is 16.5. The number of carbonyl (C=O) groups is 2. The highest BCUT2D eigenvalue weighted by Gasteiger charge is 2.42. The van der Waals surface area contributed by atoms with E-state index in [-0.39, 0.29) is 17.7 Å². The van der Waals surface area contributed by atoms with E-state index < -0.39 is 6.04 Å². The van der Waals surface area contributed by atoms with Gasteiger partial charge in [-0.1, -0.05) is 43.9 Å². The van der Waals surface area contributed by atoms with E-state index in [1.54, 1.807) is 24.3 Å². The topological polar surface area (TPSA) is 93.3 Å². The van der Waals surface area contributed by atoms with Gasteiger partial charge < -0.3 is 9.88 Å². The van der Waals surface area contributed by atoms with Gasteiger partial charge in [0.15, 0.2) is 5.52 Å². The predicted molar refractivity (Wildman–Crippen MR) is 119 cm³/mol. The lowest BCUT2D eigenvalue weighted by molar-refractivity contribution is -0.131. The normalized spacial score (nSPS) is 16.8. The van der Waals surface area contributed by atoms with Crippen LogP contribution in [0.2, 0.25) is 0 Å². The van der Waals surface area contributed by atoms with E-state index in [1.807, 2.05) is 43.8 Å². The predicted octanol–water partition coefficient (Wildman–Crippen LogP) is 3.43. The van der Waals surface area contributed by atoms with Gasteiger partial charge in [-0.25, -0.2) is 4.63 Å². The van der Waals surface area contributed by atoms with E-state index in [4.69, 9.17) is 16.8 Å². The third-order valence-electron chi connectivity index (χ3n) is 4.81. The Morgan fingerprint density at radius 2 is 2.07 bits per heavy atom. The van der Waals surface area contributed by atoms with Crippen molar-refractivity contribution in [3.05, 3.63) is 47.1 Å². The molecule has 4 rings (SSSR count). The van der Waals surface area contributed by atoms with Crippen LogP contribution in [0.25, 0.3) is 17.1 Å². The lowest BCUT2D eigenvalue weighted by atomic mass is 10.0. The molecule has 10 heteroatoms. The fourth-order valence-electron chi connectivity index (χ4n) is 3.31. The maximum Gasteiger partial charge on any atom is 0.267 e. The summed E-state index contributed by atoms with van der Waals surface area (Å²) in [5.41, 5.74) is 2.33. The van der Waals surface area contributed by atoms with E-state index in [0.29, 0.717) is 25.9 Å². The molecule has 0 aliphatic carbocycles. The number of aryl methyl sites for hydroxylation is 1. The fourth-order valence-corrected chi connectivity index (χ4v) is 4.62. The number of aromatic nitrogens is 3. The zero-order chi connectivity index (χ0) is 21.4. The van der Waals surface area contributed by atoms with Crippen LogP contribution in [0.3, 0.4) is 0 Å². The number of nitrogens with one attached hydrogen (secondary N) is 1. The first-order valence-electron chi connectivity index (χ1n) is 9.27. The van der Waals surface area contributed by atoms with Gasteiger partial charge in [-0.15, -0.1) is 0 Å². The zero-order valence-corrected chi connectivity index (χ0v) is 18.2. The molecule has 1 N–H and O–H groups in total. The number of thioether (sulfide) groups is 1. The van der Waals surface area contributed by atoms with Gasteiger partial charge in [-0.2, -0.15) is 0 Å². The van der Waals surface area contributed by atoms with Crippen LogP contribution in [-0.4, -0.2) is 42.0 Å². The maximum atomic E-state index is 13.2. The van der Waals surface area contributed by atoms with Crippen LogP contribution in [-0.2, 0) is 16.6 Å². The minimum absolute atomic E-state index is 0.170. The molecule has 30 heavy (non-hydrogen) atoms. The highest BCUT2D eigenvalue weighted by Crippen LogP contribution is 2.36. The maximum absolute atomic E-state index is 13.2. The van der Waals surface area contributed by atoms with Crippen molar-refractivity contribution in [2.24, 2.45) is 13.0 Å². The summed E-state index contributed by atoms with van der Waals surface area (Å²) in [4.78, 5) is 28.2. The van der Waals surface area contributed by atoms with Gasteiger partial charge in [0, 0.05) is 18.9 Å². The van der Waals surface area contributed by atoms with Crippen molar-refractivity contribution < 1.29 is 14.2 Å². The minimum atomic E-state index is -0.771. The molecule has 1 aromatic carbocycles. The molecule has 3 heterocycles. The first-order valence-corrected chi connectivity index (χ1v) is 10.5. The standard InChI is InChI=1S/C20H19N5O3S2/c1-11(2)17(18(26)21-13-7-4-8-14-16(13)23-28-22-14)25-19(27)15(30-20(25)29)10-12-6-5-9-24(12)3/h4-11,17H,1-3H3,(H,21,26). The number of carbonyl (C=O) groups excluding carboxylic acids is 2. The number of anilines is 1. The largest absolute Gasteiger partial charge is 0.351 e. The number of hydrogen-bond donors (Lipinski definition) is 1. The number of fused-ring (bicyclic) bond motifs is 1. The number of nitrogens with zero attached hydrogens (tertiary/aromatic N) is 4. The molecule has 3 aromatic rings. The van der Waals surface area contributed by atoms with E-state index in [2.05, 4.69) is 15.6 Å². The van der Waals surface area contributed by atoms with Crippen molar-refractivity contribution in [1.82, 2.24) is 19.8 Å². The summed E-state index contributed by atoms with van der Waals surface area (Å²) in [6, 6.07) is 8.22. The van der Waals surface area contributed by atoms with Crippen LogP contribution in [0.1, 0.15) is 19.5 Å².